The van der Waals surface area contributed by atoms with Crippen molar-refractivity contribution in [1.29, 1.82) is 0 Å². The fourth-order valence-corrected chi connectivity index (χ4v) is 4.09. The molecule has 0 radical (unpaired) electrons. The topological polar surface area (TPSA) is 48.5 Å². The third kappa shape index (κ3) is 2.91. The van der Waals surface area contributed by atoms with E-state index in [-0.39, 0.29) is 0 Å². The van der Waals surface area contributed by atoms with Crippen LogP contribution in [-0.2, 0) is 0 Å². The van der Waals surface area contributed by atoms with Gasteiger partial charge in [-0.2, -0.15) is 0 Å². The van der Waals surface area contributed by atoms with Crippen LogP contribution in [0.4, 0.5) is 0 Å². The first-order valence-corrected chi connectivity index (χ1v) is 9.63. The van der Waals surface area contributed by atoms with Crippen molar-refractivity contribution in [3.63, 3.8) is 0 Å². The van der Waals surface area contributed by atoms with Crippen molar-refractivity contribution in [2.24, 2.45) is 0 Å². The molecule has 0 amide bonds. The Balaban J connectivity index is 1.68. The number of nitrogens with zero attached hydrogens (tertiary/aromatic N) is 5. The highest BCUT2D eigenvalue weighted by Crippen LogP contribution is 2.29. The van der Waals surface area contributed by atoms with Crippen LogP contribution < -0.4 is 0 Å². The molecular formula is C24H21N5. The lowest BCUT2D eigenvalue weighted by Gasteiger charge is -2.14. The molecule has 0 atom stereocenters. The molecule has 0 spiro atoms. The predicted octanol–water partition coefficient (Wildman–Crippen LogP) is 5.20. The Bertz CT molecular complexity index is 1310. The quantitative estimate of drug-likeness (QED) is 0.433. The molecule has 5 heteroatoms. The van der Waals surface area contributed by atoms with Gasteiger partial charge in [0.1, 0.15) is 12.7 Å². The van der Waals surface area contributed by atoms with Gasteiger partial charge in [-0.25, -0.2) is 4.98 Å². The molecule has 5 aromatic rings. The third-order valence-corrected chi connectivity index (χ3v) is 5.26. The molecule has 0 aliphatic carbocycles. The van der Waals surface area contributed by atoms with Gasteiger partial charge in [-0.1, -0.05) is 35.9 Å². The Labute approximate surface area is 169 Å². The summed E-state index contributed by atoms with van der Waals surface area (Å²) in [7, 11) is 0. The van der Waals surface area contributed by atoms with Gasteiger partial charge in [-0.3, -0.25) is 9.13 Å². The maximum Gasteiger partial charge on any atom is 0.168 e. The van der Waals surface area contributed by atoms with E-state index in [1.165, 1.54) is 16.7 Å². The van der Waals surface area contributed by atoms with Crippen molar-refractivity contribution in [3.8, 4) is 22.8 Å². The minimum absolute atomic E-state index is 0.822. The van der Waals surface area contributed by atoms with Crippen LogP contribution in [0.25, 0.3) is 33.8 Å². The zero-order valence-corrected chi connectivity index (χ0v) is 16.7. The van der Waals surface area contributed by atoms with Crippen molar-refractivity contribution in [2.75, 3.05) is 0 Å². The molecule has 2 aromatic heterocycles. The first kappa shape index (κ1) is 17.4. The highest BCUT2D eigenvalue weighted by Gasteiger charge is 2.15. The lowest BCUT2D eigenvalue weighted by molar-refractivity contribution is 1.02. The van der Waals surface area contributed by atoms with E-state index in [9.17, 15) is 0 Å². The van der Waals surface area contributed by atoms with E-state index in [4.69, 9.17) is 0 Å². The number of hydrogen-bond donors (Lipinski definition) is 0. The van der Waals surface area contributed by atoms with E-state index in [1.807, 2.05) is 30.6 Å². The summed E-state index contributed by atoms with van der Waals surface area (Å²) < 4.78 is 4.18. The van der Waals surface area contributed by atoms with Crippen LogP contribution in [0.3, 0.4) is 0 Å². The van der Waals surface area contributed by atoms with Crippen LogP contribution >= 0.6 is 0 Å². The van der Waals surface area contributed by atoms with E-state index in [2.05, 4.69) is 81.5 Å². The first-order chi connectivity index (χ1) is 14.1. The second-order valence-electron chi connectivity index (χ2n) is 7.43. The maximum absolute atomic E-state index is 4.56. The molecule has 142 valence electrons. The summed E-state index contributed by atoms with van der Waals surface area (Å²) in [5, 5.41) is 8.66. The lowest BCUT2D eigenvalue weighted by atomic mass is 10.0. The molecule has 0 saturated carbocycles. The number of aromatic nitrogens is 5. The van der Waals surface area contributed by atoms with E-state index in [0.29, 0.717) is 0 Å². The molecule has 0 aliphatic heterocycles. The predicted molar refractivity (Wildman–Crippen MR) is 116 cm³/mol. The summed E-state index contributed by atoms with van der Waals surface area (Å²) in [5.41, 5.74) is 8.88. The van der Waals surface area contributed by atoms with Crippen molar-refractivity contribution >= 4 is 11.0 Å². The number of hydrogen-bond acceptors (Lipinski definition) is 3. The van der Waals surface area contributed by atoms with Gasteiger partial charge in [0.15, 0.2) is 5.82 Å². The fraction of sp³-hybridized carbons (Fsp3) is 0.125. The van der Waals surface area contributed by atoms with E-state index in [0.717, 1.165) is 33.8 Å². The second-order valence-corrected chi connectivity index (χ2v) is 7.43. The molecule has 29 heavy (non-hydrogen) atoms. The Hall–Kier alpha value is -3.73. The van der Waals surface area contributed by atoms with E-state index >= 15 is 0 Å². The average Bonchev–Trinajstić information content (AvgIpc) is 3.34. The molecule has 5 rings (SSSR count). The Morgan fingerprint density at radius 1 is 0.759 bits per heavy atom. The van der Waals surface area contributed by atoms with Gasteiger partial charge in [0.25, 0.3) is 0 Å². The fourth-order valence-electron chi connectivity index (χ4n) is 4.09. The smallest absolute Gasteiger partial charge is 0.168 e. The second kappa shape index (κ2) is 6.71. The lowest BCUT2D eigenvalue weighted by Crippen LogP contribution is -2.02. The van der Waals surface area contributed by atoms with Gasteiger partial charge in [0.2, 0.25) is 0 Å². The van der Waals surface area contributed by atoms with E-state index < -0.39 is 0 Å². The van der Waals surface area contributed by atoms with Crippen molar-refractivity contribution < 1.29 is 0 Å². The zero-order valence-electron chi connectivity index (χ0n) is 16.7. The summed E-state index contributed by atoms with van der Waals surface area (Å²) in [6.07, 6.45) is 3.65. The van der Waals surface area contributed by atoms with Crippen LogP contribution in [0.1, 0.15) is 16.7 Å². The highest BCUT2D eigenvalue weighted by molar-refractivity contribution is 5.82. The minimum atomic E-state index is 0.822. The summed E-state index contributed by atoms with van der Waals surface area (Å²) in [4.78, 5) is 4.56. The van der Waals surface area contributed by atoms with Crippen molar-refractivity contribution in [2.45, 2.75) is 20.8 Å². The summed E-state index contributed by atoms with van der Waals surface area (Å²) in [5.74, 6) is 0.822. The SMILES string of the molecule is Cc1cc(C)c(-n2cnnc2-c2ccc3ncn(-c4ccccc4)c3c2)c(C)c1. The number of benzene rings is 3. The van der Waals surface area contributed by atoms with Crippen molar-refractivity contribution in [3.05, 3.63) is 90.0 Å². The third-order valence-electron chi connectivity index (χ3n) is 5.26. The van der Waals surface area contributed by atoms with Gasteiger partial charge < -0.3 is 0 Å². The van der Waals surface area contributed by atoms with Gasteiger partial charge in [-0.15, -0.1) is 10.2 Å². The number of para-hydroxylation sites is 1. The number of aryl methyl sites for hydroxylation is 3. The van der Waals surface area contributed by atoms with Gasteiger partial charge in [0, 0.05) is 11.3 Å². The van der Waals surface area contributed by atoms with Gasteiger partial charge in [0.05, 0.1) is 16.7 Å². The van der Waals surface area contributed by atoms with Crippen LogP contribution in [0.15, 0.2) is 73.3 Å². The van der Waals surface area contributed by atoms with Crippen molar-refractivity contribution in [1.82, 2.24) is 24.3 Å². The Morgan fingerprint density at radius 2 is 1.52 bits per heavy atom. The largest absolute Gasteiger partial charge is 0.299 e. The standard InChI is InChI=1S/C24H21N5/c1-16-11-17(2)23(18(3)12-16)29-15-26-27-24(29)19-9-10-21-22(13-19)28(14-25-21)20-7-5-4-6-8-20/h4-15H,1-3H3. The van der Waals surface area contributed by atoms with Crippen LogP contribution in [-0.4, -0.2) is 24.3 Å². The highest BCUT2D eigenvalue weighted by atomic mass is 15.3. The average molecular weight is 379 g/mol. The van der Waals surface area contributed by atoms with Crippen LogP contribution in [0, 0.1) is 20.8 Å². The Kier molecular flexibility index (Phi) is 4.02. The molecule has 0 N–H and O–H groups in total. The number of rotatable bonds is 3. The number of imidazole rings is 1. The molecule has 0 aliphatic rings. The molecule has 5 nitrogen and oxygen atoms in total. The molecule has 3 aromatic carbocycles. The monoisotopic (exact) mass is 379 g/mol. The number of fused-ring (bicyclic) bond motifs is 1. The molecule has 0 bridgehead atoms. The van der Waals surface area contributed by atoms with Gasteiger partial charge in [-0.05, 0) is 62.2 Å². The maximum atomic E-state index is 4.56. The summed E-state index contributed by atoms with van der Waals surface area (Å²) >= 11 is 0. The zero-order chi connectivity index (χ0) is 20.0. The van der Waals surface area contributed by atoms with Crippen LogP contribution in [0.5, 0.6) is 0 Å². The normalized spacial score (nSPS) is 11.3. The van der Waals surface area contributed by atoms with Crippen LogP contribution in [0.2, 0.25) is 0 Å². The Morgan fingerprint density at radius 3 is 2.28 bits per heavy atom. The molecule has 0 saturated heterocycles. The summed E-state index contributed by atoms with van der Waals surface area (Å²) in [6, 6.07) is 20.9. The molecule has 0 fully saturated rings. The van der Waals surface area contributed by atoms with Gasteiger partial charge >= 0.3 is 0 Å². The first-order valence-electron chi connectivity index (χ1n) is 9.63. The van der Waals surface area contributed by atoms with E-state index in [1.54, 1.807) is 6.33 Å². The molecule has 0 unspecified atom stereocenters. The molecular weight excluding hydrogens is 358 g/mol. The minimum Gasteiger partial charge on any atom is -0.299 e. The molecule has 2 heterocycles. The summed E-state index contributed by atoms with van der Waals surface area (Å²) in [6.45, 7) is 6.38.